The molecule has 4 heterocycles. The number of amides is 1. The van der Waals surface area contributed by atoms with Crippen molar-refractivity contribution in [3.8, 4) is 11.6 Å². The van der Waals surface area contributed by atoms with Gasteiger partial charge in [0.15, 0.2) is 5.69 Å². The first kappa shape index (κ1) is 25.0. The van der Waals surface area contributed by atoms with E-state index >= 15 is 0 Å². The minimum absolute atomic E-state index is 0.133. The summed E-state index contributed by atoms with van der Waals surface area (Å²) in [6.07, 6.45) is -5.19. The van der Waals surface area contributed by atoms with Crippen LogP contribution in [0.15, 0.2) is 64.0 Å². The van der Waals surface area contributed by atoms with Gasteiger partial charge in [0.25, 0.3) is 11.8 Å². The van der Waals surface area contributed by atoms with Crippen molar-refractivity contribution in [3.05, 3.63) is 70.7 Å². The number of benzene rings is 2. The number of halogens is 3. The van der Waals surface area contributed by atoms with Crippen molar-refractivity contribution in [3.63, 3.8) is 0 Å². The molecule has 10 nitrogen and oxygen atoms in total. The SMILES string of the molecule is O=C1Nc2ccccc2C(c2ccccc2)=N[C@@H]1Nc1nnc(-c2nc(C(F)(F)F)sc2N[C@@H]2CCOC2)o1. The summed E-state index contributed by atoms with van der Waals surface area (Å²) in [4.78, 5) is 21.4. The Morgan fingerprint density at radius 3 is 2.59 bits per heavy atom. The normalized spacial score (nSPS) is 19.2. The third kappa shape index (κ3) is 5.20. The molecule has 0 unspecified atom stereocenters. The van der Waals surface area contributed by atoms with Crippen molar-refractivity contribution in [1.29, 1.82) is 0 Å². The first-order valence-corrected chi connectivity index (χ1v) is 12.7. The molecule has 0 aliphatic carbocycles. The topological polar surface area (TPSA) is 127 Å². The number of ether oxygens (including phenoxy) is 1. The number of para-hydroxylation sites is 1. The lowest BCUT2D eigenvalue weighted by Gasteiger charge is -2.11. The lowest BCUT2D eigenvalue weighted by atomic mass is 10.0. The molecule has 39 heavy (non-hydrogen) atoms. The zero-order valence-corrected chi connectivity index (χ0v) is 20.8. The number of thiazole rings is 1. The fourth-order valence-corrected chi connectivity index (χ4v) is 5.09. The molecule has 0 spiro atoms. The van der Waals surface area contributed by atoms with Crippen LogP contribution < -0.4 is 16.0 Å². The maximum absolute atomic E-state index is 13.5. The van der Waals surface area contributed by atoms with Gasteiger partial charge in [-0.25, -0.2) is 9.98 Å². The second kappa shape index (κ2) is 10.1. The number of fused-ring (bicyclic) bond motifs is 1. The van der Waals surface area contributed by atoms with Gasteiger partial charge in [0.05, 0.1) is 24.0 Å². The first-order chi connectivity index (χ1) is 18.8. The van der Waals surface area contributed by atoms with E-state index in [0.29, 0.717) is 42.4 Å². The van der Waals surface area contributed by atoms with E-state index in [2.05, 4.69) is 36.1 Å². The van der Waals surface area contributed by atoms with Gasteiger partial charge in [-0.1, -0.05) is 65.0 Å². The molecule has 1 saturated heterocycles. The van der Waals surface area contributed by atoms with Crippen LogP contribution in [0, 0.1) is 0 Å². The smallest absolute Gasteiger partial charge is 0.402 e. The van der Waals surface area contributed by atoms with Gasteiger partial charge < -0.3 is 25.1 Å². The highest BCUT2D eigenvalue weighted by Gasteiger charge is 2.38. The predicted molar refractivity (Wildman–Crippen MR) is 138 cm³/mol. The number of anilines is 3. The van der Waals surface area contributed by atoms with Crippen molar-refractivity contribution < 1.29 is 27.1 Å². The number of rotatable bonds is 6. The number of aromatic nitrogens is 3. The van der Waals surface area contributed by atoms with Crippen molar-refractivity contribution in [2.24, 2.45) is 4.99 Å². The molecular weight excluding hydrogens is 535 g/mol. The van der Waals surface area contributed by atoms with E-state index in [1.807, 2.05) is 42.5 Å². The molecule has 200 valence electrons. The quantitative estimate of drug-likeness (QED) is 0.314. The van der Waals surface area contributed by atoms with Crippen molar-refractivity contribution >= 4 is 39.7 Å². The Labute approximate surface area is 223 Å². The fraction of sp³-hybridized carbons (Fsp3) is 0.240. The zero-order valence-electron chi connectivity index (χ0n) is 20.0. The molecular formula is C25H20F3N7O3S. The summed E-state index contributed by atoms with van der Waals surface area (Å²) in [6.45, 7) is 0.863. The molecule has 2 aromatic carbocycles. The van der Waals surface area contributed by atoms with E-state index in [-0.39, 0.29) is 28.6 Å². The Bertz CT molecular complexity index is 1530. The molecule has 14 heteroatoms. The van der Waals surface area contributed by atoms with Gasteiger partial charge in [-0.15, -0.1) is 5.10 Å². The van der Waals surface area contributed by atoms with Gasteiger partial charge in [0, 0.05) is 17.7 Å². The molecule has 6 rings (SSSR count). The highest BCUT2D eigenvalue weighted by molar-refractivity contribution is 7.16. The van der Waals surface area contributed by atoms with Gasteiger partial charge in [-0.05, 0) is 12.5 Å². The molecule has 2 aromatic heterocycles. The molecule has 0 radical (unpaired) electrons. The Morgan fingerprint density at radius 2 is 1.82 bits per heavy atom. The van der Waals surface area contributed by atoms with Crippen LogP contribution in [0.2, 0.25) is 0 Å². The number of hydrogen-bond donors (Lipinski definition) is 3. The molecule has 3 N–H and O–H groups in total. The summed E-state index contributed by atoms with van der Waals surface area (Å²) < 4.78 is 51.3. The molecule has 4 aromatic rings. The third-order valence-electron chi connectivity index (χ3n) is 6.02. The summed E-state index contributed by atoms with van der Waals surface area (Å²) in [5.41, 5.74) is 2.51. The monoisotopic (exact) mass is 555 g/mol. The van der Waals surface area contributed by atoms with Crippen molar-refractivity contribution in [2.45, 2.75) is 24.8 Å². The van der Waals surface area contributed by atoms with E-state index in [9.17, 15) is 18.0 Å². The lowest BCUT2D eigenvalue weighted by molar-refractivity contribution is -0.137. The highest BCUT2D eigenvalue weighted by atomic mass is 32.1. The Hall–Kier alpha value is -4.30. The van der Waals surface area contributed by atoms with E-state index in [4.69, 9.17) is 9.15 Å². The molecule has 1 fully saturated rings. The number of nitrogens with one attached hydrogen (secondary N) is 3. The zero-order chi connectivity index (χ0) is 27.0. The molecule has 1 amide bonds. The van der Waals surface area contributed by atoms with Gasteiger partial charge in [0.2, 0.25) is 11.2 Å². The maximum Gasteiger partial charge on any atom is 0.443 e. The average molecular weight is 556 g/mol. The molecule has 0 bridgehead atoms. The standard InChI is InChI=1S/C25H20F3N7O3S/c26-25(27,28)23-32-18(22(39-23)29-14-10-11-37-12-14)21-34-35-24(38-21)33-19-20(36)30-16-9-5-4-8-15(16)17(31-19)13-6-2-1-3-7-13/h1-9,14,19,29H,10-12H2,(H,30,36)(H,33,35)/t14-,19-/m1/s1. The predicted octanol–water partition coefficient (Wildman–Crippen LogP) is 4.64. The fourth-order valence-electron chi connectivity index (χ4n) is 4.19. The molecule has 2 atom stereocenters. The van der Waals surface area contributed by atoms with Crippen LogP contribution >= 0.6 is 11.3 Å². The van der Waals surface area contributed by atoms with Gasteiger partial charge in [0.1, 0.15) is 5.00 Å². The van der Waals surface area contributed by atoms with Crippen LogP contribution in [0.5, 0.6) is 0 Å². The summed E-state index contributed by atoms with van der Waals surface area (Å²) in [5, 5.41) is 15.6. The number of alkyl halides is 3. The number of aliphatic imine (C=N–C) groups is 1. The van der Waals surface area contributed by atoms with E-state index in [1.165, 1.54) is 0 Å². The number of hydrogen-bond acceptors (Lipinski definition) is 10. The van der Waals surface area contributed by atoms with Gasteiger partial charge in [-0.3, -0.25) is 4.79 Å². The second-order valence-electron chi connectivity index (χ2n) is 8.74. The third-order valence-corrected chi connectivity index (χ3v) is 7.05. The Morgan fingerprint density at radius 1 is 1.03 bits per heavy atom. The Kier molecular flexibility index (Phi) is 6.48. The number of carbonyl (C=O) groups excluding carboxylic acids is 1. The summed E-state index contributed by atoms with van der Waals surface area (Å²) in [6, 6.07) is 16.2. The van der Waals surface area contributed by atoms with E-state index in [1.54, 1.807) is 12.1 Å². The van der Waals surface area contributed by atoms with Gasteiger partial charge in [-0.2, -0.15) is 13.2 Å². The largest absolute Gasteiger partial charge is 0.443 e. The van der Waals surface area contributed by atoms with Crippen LogP contribution in [-0.4, -0.2) is 52.2 Å². The lowest BCUT2D eigenvalue weighted by Crippen LogP contribution is -2.32. The van der Waals surface area contributed by atoms with Gasteiger partial charge >= 0.3 is 12.2 Å². The first-order valence-electron chi connectivity index (χ1n) is 11.9. The number of nitrogens with zero attached hydrogens (tertiary/aromatic N) is 4. The minimum atomic E-state index is -4.65. The van der Waals surface area contributed by atoms with E-state index < -0.39 is 23.3 Å². The maximum atomic E-state index is 13.5. The summed E-state index contributed by atoms with van der Waals surface area (Å²) in [5.74, 6) is -0.722. The highest BCUT2D eigenvalue weighted by Crippen LogP contribution is 2.41. The van der Waals surface area contributed by atoms with Crippen LogP contribution in [-0.2, 0) is 15.7 Å². The van der Waals surface area contributed by atoms with Crippen LogP contribution in [0.1, 0.15) is 22.6 Å². The Balaban J connectivity index is 1.31. The number of benzodiazepines with no additional fused rings is 1. The average Bonchev–Trinajstić information content (AvgIpc) is 3.67. The summed E-state index contributed by atoms with van der Waals surface area (Å²) >= 11 is 0.450. The van der Waals surface area contributed by atoms with Crippen molar-refractivity contribution in [1.82, 2.24) is 15.2 Å². The second-order valence-corrected chi connectivity index (χ2v) is 9.74. The molecule has 0 saturated carbocycles. The number of carbonyl (C=O) groups is 1. The summed E-state index contributed by atoms with van der Waals surface area (Å²) in [7, 11) is 0. The molecule has 2 aliphatic heterocycles. The van der Waals surface area contributed by atoms with Crippen LogP contribution in [0.25, 0.3) is 11.6 Å². The molecule has 2 aliphatic rings. The van der Waals surface area contributed by atoms with Crippen molar-refractivity contribution in [2.75, 3.05) is 29.2 Å². The minimum Gasteiger partial charge on any atom is -0.402 e. The van der Waals surface area contributed by atoms with Crippen LogP contribution in [0.4, 0.5) is 29.9 Å². The van der Waals surface area contributed by atoms with Crippen LogP contribution in [0.3, 0.4) is 0 Å². The van der Waals surface area contributed by atoms with E-state index in [0.717, 1.165) is 11.1 Å².